The number of benzene rings is 1. The second-order valence-corrected chi connectivity index (χ2v) is 7.95. The van der Waals surface area contributed by atoms with Crippen molar-refractivity contribution in [2.75, 3.05) is 31.2 Å². The number of hydrogen-bond acceptors (Lipinski definition) is 6. The molecule has 1 aromatic heterocycles. The molecule has 2 amide bonds. The number of fused-ring (bicyclic) bond motifs is 1. The highest BCUT2D eigenvalue weighted by Gasteiger charge is 2.40. The molecule has 154 valence electrons. The van der Waals surface area contributed by atoms with Crippen LogP contribution in [0.1, 0.15) is 31.7 Å². The normalized spacial score (nSPS) is 24.4. The summed E-state index contributed by atoms with van der Waals surface area (Å²) in [6.45, 7) is 2.93. The Morgan fingerprint density at radius 1 is 1.07 bits per heavy atom. The lowest BCUT2D eigenvalue weighted by Crippen LogP contribution is -2.45. The van der Waals surface area contributed by atoms with Gasteiger partial charge >= 0.3 is 5.69 Å². The van der Waals surface area contributed by atoms with Crippen molar-refractivity contribution in [1.82, 2.24) is 14.5 Å². The lowest BCUT2D eigenvalue weighted by molar-refractivity contribution is -0.169. The molecule has 5 rings (SSSR count). The molecule has 29 heavy (non-hydrogen) atoms. The number of anilines is 1. The maximum absolute atomic E-state index is 12.9. The summed E-state index contributed by atoms with van der Waals surface area (Å²) >= 11 is 0. The quantitative estimate of drug-likeness (QED) is 0.745. The zero-order valence-corrected chi connectivity index (χ0v) is 16.3. The number of aryl methyl sites for hydroxylation is 1. The third-order valence-electron chi connectivity index (χ3n) is 6.30. The van der Waals surface area contributed by atoms with Gasteiger partial charge in [0.15, 0.2) is 5.79 Å². The molecule has 9 nitrogen and oxygen atoms in total. The van der Waals surface area contributed by atoms with Crippen LogP contribution in [0.2, 0.25) is 0 Å². The molecule has 0 bridgehead atoms. The van der Waals surface area contributed by atoms with E-state index < -0.39 is 17.7 Å². The fraction of sp³-hybridized carbons (Fsp3) is 0.550. The van der Waals surface area contributed by atoms with Gasteiger partial charge in [-0.05, 0) is 24.6 Å². The number of piperidine rings is 2. The maximum Gasteiger partial charge on any atom is 0.329 e. The van der Waals surface area contributed by atoms with E-state index in [0.717, 1.165) is 37.1 Å². The highest BCUT2D eigenvalue weighted by Crippen LogP contribution is 2.34. The zero-order valence-electron chi connectivity index (χ0n) is 16.3. The van der Waals surface area contributed by atoms with Gasteiger partial charge in [-0.15, -0.1) is 0 Å². The summed E-state index contributed by atoms with van der Waals surface area (Å²) in [6, 6.07) is 5.20. The van der Waals surface area contributed by atoms with E-state index in [2.05, 4.69) is 10.2 Å². The first-order valence-electron chi connectivity index (χ1n) is 10.0. The van der Waals surface area contributed by atoms with E-state index in [1.165, 1.54) is 4.57 Å². The van der Waals surface area contributed by atoms with Crippen molar-refractivity contribution in [3.63, 3.8) is 0 Å². The SMILES string of the molecule is Cn1c(=O)n(C2CCC(=O)NC2=O)c2ccc(N3CCC4(CC3)OCCO4)cc21. The van der Waals surface area contributed by atoms with Gasteiger partial charge in [0.1, 0.15) is 6.04 Å². The van der Waals surface area contributed by atoms with Gasteiger partial charge in [0.2, 0.25) is 11.8 Å². The summed E-state index contributed by atoms with van der Waals surface area (Å²) in [7, 11) is 1.71. The molecule has 1 atom stereocenters. The fourth-order valence-electron chi connectivity index (χ4n) is 4.67. The van der Waals surface area contributed by atoms with Gasteiger partial charge in [-0.25, -0.2) is 4.79 Å². The monoisotopic (exact) mass is 400 g/mol. The number of carbonyl (C=O) groups excluding carboxylic acids is 2. The van der Waals surface area contributed by atoms with Crippen molar-refractivity contribution < 1.29 is 19.1 Å². The number of ether oxygens (including phenoxy) is 2. The van der Waals surface area contributed by atoms with Crippen molar-refractivity contribution in [1.29, 1.82) is 0 Å². The lowest BCUT2D eigenvalue weighted by atomic mass is 10.0. The molecule has 1 aromatic carbocycles. The molecule has 3 fully saturated rings. The maximum atomic E-state index is 12.9. The van der Waals surface area contributed by atoms with Crippen molar-refractivity contribution in [2.45, 2.75) is 37.5 Å². The number of imidazole rings is 1. The molecule has 4 heterocycles. The van der Waals surface area contributed by atoms with Gasteiger partial charge < -0.3 is 14.4 Å². The number of amides is 2. The van der Waals surface area contributed by atoms with Crippen LogP contribution in [0.25, 0.3) is 11.0 Å². The second-order valence-electron chi connectivity index (χ2n) is 7.95. The van der Waals surface area contributed by atoms with Crippen LogP contribution in [0.4, 0.5) is 5.69 Å². The lowest BCUT2D eigenvalue weighted by Gasteiger charge is -2.38. The molecule has 1 spiro atoms. The van der Waals surface area contributed by atoms with Crippen LogP contribution in [0.5, 0.6) is 0 Å². The highest BCUT2D eigenvalue weighted by atomic mass is 16.7. The molecule has 3 aliphatic heterocycles. The largest absolute Gasteiger partial charge is 0.371 e. The Balaban J connectivity index is 1.46. The summed E-state index contributed by atoms with van der Waals surface area (Å²) < 4.78 is 14.7. The minimum absolute atomic E-state index is 0.233. The number of carbonyl (C=O) groups is 2. The third-order valence-corrected chi connectivity index (χ3v) is 6.30. The van der Waals surface area contributed by atoms with Gasteiger partial charge in [0, 0.05) is 45.1 Å². The summed E-state index contributed by atoms with van der Waals surface area (Å²) in [5.41, 5.74) is 2.25. The molecule has 1 N–H and O–H groups in total. The Hall–Kier alpha value is -2.65. The highest BCUT2D eigenvalue weighted by molar-refractivity contribution is 6.00. The van der Waals surface area contributed by atoms with Gasteiger partial charge in [-0.3, -0.25) is 24.0 Å². The smallest absolute Gasteiger partial charge is 0.329 e. The molecule has 3 saturated heterocycles. The van der Waals surface area contributed by atoms with E-state index in [-0.39, 0.29) is 18.0 Å². The molecule has 0 radical (unpaired) electrons. The number of rotatable bonds is 2. The fourth-order valence-corrected chi connectivity index (χ4v) is 4.67. The topological polar surface area (TPSA) is 94.8 Å². The molecule has 9 heteroatoms. The van der Waals surface area contributed by atoms with Crippen LogP contribution in [0.3, 0.4) is 0 Å². The van der Waals surface area contributed by atoms with Crippen molar-refractivity contribution in [2.24, 2.45) is 7.05 Å². The first kappa shape index (κ1) is 18.4. The molecular formula is C20H24N4O5. The predicted molar refractivity (Wildman–Crippen MR) is 105 cm³/mol. The van der Waals surface area contributed by atoms with Crippen LogP contribution in [0, 0.1) is 0 Å². The van der Waals surface area contributed by atoms with Crippen molar-refractivity contribution >= 4 is 28.5 Å². The zero-order chi connectivity index (χ0) is 20.2. The summed E-state index contributed by atoms with van der Waals surface area (Å²) in [5, 5.41) is 2.34. The number of hydrogen-bond donors (Lipinski definition) is 1. The number of aromatic nitrogens is 2. The Labute approximate surface area is 167 Å². The number of nitrogens with one attached hydrogen (secondary N) is 1. The minimum Gasteiger partial charge on any atom is -0.371 e. The molecule has 0 aliphatic carbocycles. The average Bonchev–Trinajstić information content (AvgIpc) is 3.26. The van der Waals surface area contributed by atoms with Gasteiger partial charge in [0.05, 0.1) is 24.2 Å². The second kappa shape index (κ2) is 6.70. The van der Waals surface area contributed by atoms with E-state index in [1.54, 1.807) is 11.6 Å². The third kappa shape index (κ3) is 2.96. The van der Waals surface area contributed by atoms with Crippen LogP contribution in [0.15, 0.2) is 23.0 Å². The molecule has 2 aromatic rings. The Morgan fingerprint density at radius 2 is 1.79 bits per heavy atom. The first-order chi connectivity index (χ1) is 14.0. The van der Waals surface area contributed by atoms with Gasteiger partial charge in [-0.1, -0.05) is 0 Å². The summed E-state index contributed by atoms with van der Waals surface area (Å²) in [6.07, 6.45) is 2.18. The van der Waals surface area contributed by atoms with Crippen molar-refractivity contribution in [3.8, 4) is 0 Å². The predicted octanol–water partition coefficient (Wildman–Crippen LogP) is 0.661. The molecule has 3 aliphatic rings. The Bertz CT molecular complexity index is 1040. The average molecular weight is 400 g/mol. The minimum atomic E-state index is -0.666. The van der Waals surface area contributed by atoms with Crippen LogP contribution in [-0.2, 0) is 26.1 Å². The van der Waals surface area contributed by atoms with E-state index in [4.69, 9.17) is 9.47 Å². The Morgan fingerprint density at radius 3 is 2.48 bits per heavy atom. The van der Waals surface area contributed by atoms with Gasteiger partial charge in [0.25, 0.3) is 0 Å². The van der Waals surface area contributed by atoms with E-state index >= 15 is 0 Å². The number of imide groups is 1. The van der Waals surface area contributed by atoms with Crippen LogP contribution in [-0.4, -0.2) is 53.0 Å². The van der Waals surface area contributed by atoms with Crippen molar-refractivity contribution in [3.05, 3.63) is 28.7 Å². The molecular weight excluding hydrogens is 376 g/mol. The standard InChI is InChI=1S/C20H24N4O5/c1-22-16-12-13(23-8-6-20(7-9-23)28-10-11-29-20)2-3-14(16)24(19(22)27)15-4-5-17(25)21-18(15)26/h2-3,12,15H,4-11H2,1H3,(H,21,25,26). The van der Waals surface area contributed by atoms with Crippen LogP contribution < -0.4 is 15.9 Å². The summed E-state index contributed by atoms with van der Waals surface area (Å²) in [5.74, 6) is -1.14. The molecule has 0 saturated carbocycles. The van der Waals surface area contributed by atoms with Gasteiger partial charge in [-0.2, -0.15) is 0 Å². The summed E-state index contributed by atoms with van der Waals surface area (Å²) in [4.78, 5) is 38.9. The number of nitrogens with zero attached hydrogens (tertiary/aromatic N) is 3. The Kier molecular flexibility index (Phi) is 4.25. The van der Waals surface area contributed by atoms with E-state index in [9.17, 15) is 14.4 Å². The van der Waals surface area contributed by atoms with Crippen LogP contribution >= 0.6 is 0 Å². The van der Waals surface area contributed by atoms with E-state index in [1.807, 2.05) is 18.2 Å². The van der Waals surface area contributed by atoms with E-state index in [0.29, 0.717) is 25.2 Å². The first-order valence-corrected chi connectivity index (χ1v) is 10.0. The molecule has 1 unspecified atom stereocenters.